The van der Waals surface area contributed by atoms with Crippen LogP contribution in [0.4, 0.5) is 0 Å². The van der Waals surface area contributed by atoms with Crippen LogP contribution in [0, 0.1) is 5.92 Å². The van der Waals surface area contributed by atoms with E-state index in [9.17, 15) is 4.79 Å². The molecule has 1 atom stereocenters. The first-order chi connectivity index (χ1) is 11.2. The van der Waals surface area contributed by atoms with Crippen LogP contribution in [-0.2, 0) is 4.79 Å². The molecule has 3 heterocycles. The van der Waals surface area contributed by atoms with Crippen molar-refractivity contribution in [3.05, 3.63) is 28.7 Å². The molecule has 0 spiro atoms. The van der Waals surface area contributed by atoms with Gasteiger partial charge in [-0.1, -0.05) is 13.0 Å². The molecule has 0 bridgehead atoms. The Bertz CT molecular complexity index is 714. The van der Waals surface area contributed by atoms with E-state index in [1.807, 2.05) is 24.3 Å². The van der Waals surface area contributed by atoms with E-state index < -0.39 is 0 Å². The number of rotatable bonds is 1. The van der Waals surface area contributed by atoms with Gasteiger partial charge in [0.05, 0.1) is 4.91 Å². The molecule has 1 aromatic rings. The Balaban J connectivity index is 1.51. The first-order valence-corrected chi connectivity index (χ1v) is 8.68. The van der Waals surface area contributed by atoms with Gasteiger partial charge in [-0.05, 0) is 54.3 Å². The van der Waals surface area contributed by atoms with Crippen molar-refractivity contribution in [2.24, 2.45) is 10.9 Å². The van der Waals surface area contributed by atoms with Crippen molar-refractivity contribution in [1.82, 2.24) is 4.90 Å². The third-order valence-electron chi connectivity index (χ3n) is 4.23. The first-order valence-electron chi connectivity index (χ1n) is 7.86. The van der Waals surface area contributed by atoms with Gasteiger partial charge in [0.2, 0.25) is 6.79 Å². The highest BCUT2D eigenvalue weighted by atomic mass is 32.2. The molecule has 0 radical (unpaired) electrons. The summed E-state index contributed by atoms with van der Waals surface area (Å²) in [7, 11) is 0. The number of nitrogens with zero attached hydrogens (tertiary/aromatic N) is 2. The fourth-order valence-corrected chi connectivity index (χ4v) is 4.00. The summed E-state index contributed by atoms with van der Waals surface area (Å²) in [5.41, 5.74) is 0.925. The number of benzene rings is 1. The second kappa shape index (κ2) is 5.92. The molecule has 1 unspecified atom stereocenters. The number of amides is 1. The lowest BCUT2D eigenvalue weighted by Crippen LogP contribution is -2.37. The zero-order valence-corrected chi connectivity index (χ0v) is 13.8. The number of carbonyl (C=O) groups is 1. The molecule has 0 N–H and O–H groups in total. The van der Waals surface area contributed by atoms with Crippen LogP contribution >= 0.6 is 11.8 Å². The smallest absolute Gasteiger partial charge is 0.286 e. The number of piperidine rings is 1. The molecule has 120 valence electrons. The standard InChI is InChI=1S/C17H18N2O3S/c1-11-3-2-6-19(9-11)17-18-16(20)15(23-17)8-12-4-5-13-14(7-12)22-10-21-13/h4-5,7-8,11H,2-3,6,9-10H2,1H3/b15-8-. The minimum absolute atomic E-state index is 0.152. The van der Waals surface area contributed by atoms with Gasteiger partial charge in [0, 0.05) is 13.1 Å². The SMILES string of the molecule is CC1CCCN(C2=NC(=O)/C(=C/c3ccc4c(c3)OCO4)S2)C1. The Morgan fingerprint density at radius 2 is 2.22 bits per heavy atom. The molecule has 3 aliphatic rings. The molecule has 1 amide bonds. The lowest BCUT2D eigenvalue weighted by atomic mass is 10.0. The summed E-state index contributed by atoms with van der Waals surface area (Å²) in [4.78, 5) is 19.3. The molecule has 1 fully saturated rings. The Morgan fingerprint density at radius 1 is 1.35 bits per heavy atom. The van der Waals surface area contributed by atoms with Crippen LogP contribution in [0.15, 0.2) is 28.1 Å². The minimum Gasteiger partial charge on any atom is -0.454 e. The molecule has 6 heteroatoms. The van der Waals surface area contributed by atoms with Gasteiger partial charge < -0.3 is 14.4 Å². The molecule has 23 heavy (non-hydrogen) atoms. The van der Waals surface area contributed by atoms with Gasteiger partial charge in [-0.25, -0.2) is 0 Å². The van der Waals surface area contributed by atoms with Crippen LogP contribution in [0.1, 0.15) is 25.3 Å². The van der Waals surface area contributed by atoms with Crippen LogP contribution in [0.25, 0.3) is 6.08 Å². The number of carbonyl (C=O) groups excluding carboxylic acids is 1. The number of fused-ring (bicyclic) bond motifs is 1. The lowest BCUT2D eigenvalue weighted by molar-refractivity contribution is -0.113. The van der Waals surface area contributed by atoms with E-state index in [1.54, 1.807) is 0 Å². The van der Waals surface area contributed by atoms with Crippen LogP contribution in [0.2, 0.25) is 0 Å². The molecule has 3 aliphatic heterocycles. The number of likely N-dealkylation sites (tertiary alicyclic amines) is 1. The maximum atomic E-state index is 12.2. The normalized spacial score (nSPS) is 25.2. The van der Waals surface area contributed by atoms with Crippen LogP contribution in [0.3, 0.4) is 0 Å². The highest BCUT2D eigenvalue weighted by molar-refractivity contribution is 8.18. The summed E-state index contributed by atoms with van der Waals surface area (Å²) in [5, 5.41) is 0.841. The highest BCUT2D eigenvalue weighted by Gasteiger charge is 2.28. The largest absolute Gasteiger partial charge is 0.454 e. The van der Waals surface area contributed by atoms with Gasteiger partial charge in [-0.15, -0.1) is 0 Å². The summed E-state index contributed by atoms with van der Waals surface area (Å²) in [6, 6.07) is 5.69. The third kappa shape index (κ3) is 2.95. The van der Waals surface area contributed by atoms with Gasteiger partial charge >= 0.3 is 0 Å². The summed E-state index contributed by atoms with van der Waals surface area (Å²) in [6.07, 6.45) is 4.29. The maximum Gasteiger partial charge on any atom is 0.286 e. The average molecular weight is 330 g/mol. The Morgan fingerprint density at radius 3 is 3.09 bits per heavy atom. The number of hydrogen-bond donors (Lipinski definition) is 0. The van der Waals surface area contributed by atoms with Crippen LogP contribution in [0.5, 0.6) is 11.5 Å². The minimum atomic E-state index is -0.152. The fourth-order valence-electron chi connectivity index (χ4n) is 3.05. The predicted molar refractivity (Wildman–Crippen MR) is 90.5 cm³/mol. The van der Waals surface area contributed by atoms with Gasteiger partial charge in [0.1, 0.15) is 0 Å². The highest BCUT2D eigenvalue weighted by Crippen LogP contribution is 2.36. The maximum absolute atomic E-state index is 12.2. The molecule has 1 saturated heterocycles. The second-order valence-electron chi connectivity index (χ2n) is 6.12. The van der Waals surface area contributed by atoms with E-state index in [1.165, 1.54) is 18.2 Å². The van der Waals surface area contributed by atoms with E-state index in [0.717, 1.165) is 41.7 Å². The van der Waals surface area contributed by atoms with Crippen molar-refractivity contribution >= 4 is 28.9 Å². The number of amidine groups is 1. The quantitative estimate of drug-likeness (QED) is 0.741. The number of aliphatic imine (C=N–C) groups is 1. The Hall–Kier alpha value is -1.95. The van der Waals surface area contributed by atoms with Crippen molar-refractivity contribution in [2.75, 3.05) is 19.9 Å². The van der Waals surface area contributed by atoms with E-state index >= 15 is 0 Å². The first kappa shape index (κ1) is 14.6. The molecule has 0 saturated carbocycles. The summed E-state index contributed by atoms with van der Waals surface area (Å²) in [6.45, 7) is 4.47. The topological polar surface area (TPSA) is 51.1 Å². The van der Waals surface area contributed by atoms with Crippen molar-refractivity contribution in [3.8, 4) is 11.5 Å². The van der Waals surface area contributed by atoms with Gasteiger partial charge in [-0.3, -0.25) is 4.79 Å². The van der Waals surface area contributed by atoms with Gasteiger partial charge in [-0.2, -0.15) is 4.99 Å². The van der Waals surface area contributed by atoms with Crippen molar-refractivity contribution < 1.29 is 14.3 Å². The third-order valence-corrected chi connectivity index (χ3v) is 5.28. The molecular weight excluding hydrogens is 312 g/mol. The predicted octanol–water partition coefficient (Wildman–Crippen LogP) is 3.12. The van der Waals surface area contributed by atoms with E-state index in [4.69, 9.17) is 9.47 Å². The van der Waals surface area contributed by atoms with Crippen LogP contribution < -0.4 is 9.47 Å². The van der Waals surface area contributed by atoms with E-state index in [2.05, 4.69) is 16.8 Å². The molecule has 4 rings (SSSR count). The number of thioether (sulfide) groups is 1. The number of hydrogen-bond acceptors (Lipinski definition) is 5. The fraction of sp³-hybridized carbons (Fsp3) is 0.412. The monoisotopic (exact) mass is 330 g/mol. The molecule has 5 nitrogen and oxygen atoms in total. The second-order valence-corrected chi connectivity index (χ2v) is 7.13. The molecular formula is C17H18N2O3S. The molecule has 0 aliphatic carbocycles. The average Bonchev–Trinajstić information content (AvgIpc) is 3.14. The summed E-state index contributed by atoms with van der Waals surface area (Å²) >= 11 is 1.47. The summed E-state index contributed by atoms with van der Waals surface area (Å²) in [5.74, 6) is 1.97. The van der Waals surface area contributed by atoms with Crippen LogP contribution in [-0.4, -0.2) is 35.9 Å². The van der Waals surface area contributed by atoms with Gasteiger partial charge in [0.25, 0.3) is 5.91 Å². The summed E-state index contributed by atoms with van der Waals surface area (Å²) < 4.78 is 10.7. The Kier molecular flexibility index (Phi) is 3.77. The molecule has 1 aromatic carbocycles. The Labute approximate surface area is 139 Å². The van der Waals surface area contributed by atoms with E-state index in [0.29, 0.717) is 10.8 Å². The van der Waals surface area contributed by atoms with Crippen molar-refractivity contribution in [1.29, 1.82) is 0 Å². The van der Waals surface area contributed by atoms with E-state index in [-0.39, 0.29) is 12.7 Å². The zero-order chi connectivity index (χ0) is 15.8. The molecule has 0 aromatic heterocycles. The van der Waals surface area contributed by atoms with Gasteiger partial charge in [0.15, 0.2) is 16.7 Å². The van der Waals surface area contributed by atoms with Crippen molar-refractivity contribution in [2.45, 2.75) is 19.8 Å². The zero-order valence-electron chi connectivity index (χ0n) is 12.9. The number of ether oxygens (including phenoxy) is 2. The van der Waals surface area contributed by atoms with Crippen molar-refractivity contribution in [3.63, 3.8) is 0 Å². The lowest BCUT2D eigenvalue weighted by Gasteiger charge is -2.31.